The molecule has 2 rings (SSSR count). The van der Waals surface area contributed by atoms with Gasteiger partial charge in [-0.3, -0.25) is 14.9 Å². The summed E-state index contributed by atoms with van der Waals surface area (Å²) in [5.74, 6) is -0.536. The molecule has 0 radical (unpaired) electrons. The number of H-pyrrole nitrogens is 1. The molecule has 2 aromatic rings. The number of aryl methyl sites for hydroxylation is 1. The lowest BCUT2D eigenvalue weighted by atomic mass is 10.1. The Hall–Kier alpha value is -2.17. The molecular formula is C10H10N4O. The lowest BCUT2D eigenvalue weighted by Crippen LogP contribution is -2.12. The normalized spacial score (nSPS) is 10.2. The number of aromatic amines is 1. The second kappa shape index (κ2) is 3.53. The molecule has 3 N–H and O–H groups in total. The average molecular weight is 202 g/mol. The van der Waals surface area contributed by atoms with Crippen LogP contribution in [0.1, 0.15) is 16.1 Å². The fourth-order valence-electron chi connectivity index (χ4n) is 1.35. The van der Waals surface area contributed by atoms with Crippen molar-refractivity contribution in [3.8, 4) is 11.3 Å². The quantitative estimate of drug-likeness (QED) is 0.758. The summed E-state index contributed by atoms with van der Waals surface area (Å²) in [5.41, 5.74) is 7.87. The molecule has 0 spiro atoms. The zero-order chi connectivity index (χ0) is 10.8. The van der Waals surface area contributed by atoms with Crippen LogP contribution in [-0.2, 0) is 0 Å². The summed E-state index contributed by atoms with van der Waals surface area (Å²) in [4.78, 5) is 15.2. The van der Waals surface area contributed by atoms with Gasteiger partial charge in [0.05, 0.1) is 17.5 Å². The maximum atomic E-state index is 11.1. The van der Waals surface area contributed by atoms with Gasteiger partial charge in [0.25, 0.3) is 5.91 Å². The number of primary amides is 1. The molecule has 0 aromatic carbocycles. The van der Waals surface area contributed by atoms with Gasteiger partial charge in [0, 0.05) is 6.20 Å². The van der Waals surface area contributed by atoms with E-state index < -0.39 is 5.91 Å². The van der Waals surface area contributed by atoms with Gasteiger partial charge in [0.15, 0.2) is 0 Å². The fourth-order valence-corrected chi connectivity index (χ4v) is 1.35. The van der Waals surface area contributed by atoms with Crippen molar-refractivity contribution < 1.29 is 4.79 Å². The monoisotopic (exact) mass is 202 g/mol. The smallest absolute Gasteiger partial charge is 0.267 e. The van der Waals surface area contributed by atoms with Crippen molar-refractivity contribution in [1.82, 2.24) is 15.2 Å². The van der Waals surface area contributed by atoms with Crippen LogP contribution in [0.25, 0.3) is 11.3 Å². The van der Waals surface area contributed by atoms with Gasteiger partial charge >= 0.3 is 0 Å². The Balaban J connectivity index is 2.54. The summed E-state index contributed by atoms with van der Waals surface area (Å²) in [7, 11) is 0. The van der Waals surface area contributed by atoms with Crippen molar-refractivity contribution in [3.63, 3.8) is 0 Å². The highest BCUT2D eigenvalue weighted by molar-refractivity contribution is 5.97. The lowest BCUT2D eigenvalue weighted by molar-refractivity contribution is 0.0996. The molecule has 5 heteroatoms. The second-order valence-electron chi connectivity index (χ2n) is 3.24. The molecular weight excluding hydrogens is 192 g/mol. The summed E-state index contributed by atoms with van der Waals surface area (Å²) >= 11 is 0. The topological polar surface area (TPSA) is 84.7 Å². The molecule has 76 valence electrons. The van der Waals surface area contributed by atoms with Crippen LogP contribution in [0.3, 0.4) is 0 Å². The predicted octanol–water partition coefficient (Wildman–Crippen LogP) is 0.879. The van der Waals surface area contributed by atoms with E-state index in [0.717, 1.165) is 5.56 Å². The molecule has 2 heterocycles. The number of nitrogens with two attached hydrogens (primary N) is 1. The van der Waals surface area contributed by atoms with Gasteiger partial charge in [-0.05, 0) is 24.6 Å². The van der Waals surface area contributed by atoms with E-state index in [1.807, 2.05) is 19.1 Å². The highest BCUT2D eigenvalue weighted by Crippen LogP contribution is 2.19. The molecule has 1 amide bonds. The first kappa shape index (κ1) is 9.39. The summed E-state index contributed by atoms with van der Waals surface area (Å²) < 4.78 is 0. The molecule has 0 bridgehead atoms. The van der Waals surface area contributed by atoms with Crippen molar-refractivity contribution in [2.75, 3.05) is 0 Å². The van der Waals surface area contributed by atoms with E-state index in [1.54, 1.807) is 12.4 Å². The van der Waals surface area contributed by atoms with Gasteiger partial charge in [-0.25, -0.2) is 0 Å². The third-order valence-electron chi connectivity index (χ3n) is 2.08. The number of nitrogens with zero attached hydrogens (tertiary/aromatic N) is 2. The maximum Gasteiger partial charge on any atom is 0.267 e. The standard InChI is InChI=1S/C10H10N4O/c1-6-2-3-12-8(4-6)7-5-13-14-9(7)10(11)15/h2-5H,1H3,(H2,11,15)(H,13,14). The SMILES string of the molecule is Cc1ccnc(-c2cn[nH]c2C(N)=O)c1. The van der Waals surface area contributed by atoms with Crippen LogP contribution in [-0.4, -0.2) is 21.1 Å². The number of aromatic nitrogens is 3. The second-order valence-corrected chi connectivity index (χ2v) is 3.24. The third kappa shape index (κ3) is 1.71. The number of rotatable bonds is 2. The Morgan fingerprint density at radius 2 is 2.33 bits per heavy atom. The van der Waals surface area contributed by atoms with Crippen LogP contribution >= 0.6 is 0 Å². The third-order valence-corrected chi connectivity index (χ3v) is 2.08. The van der Waals surface area contributed by atoms with Gasteiger partial charge in [0.1, 0.15) is 5.69 Å². The van der Waals surface area contributed by atoms with Gasteiger partial charge in [-0.15, -0.1) is 0 Å². The van der Waals surface area contributed by atoms with Crippen LogP contribution in [0.4, 0.5) is 0 Å². The van der Waals surface area contributed by atoms with E-state index in [4.69, 9.17) is 5.73 Å². The molecule has 0 saturated heterocycles. The first-order valence-corrected chi connectivity index (χ1v) is 4.44. The zero-order valence-electron chi connectivity index (χ0n) is 8.19. The van der Waals surface area contributed by atoms with Gasteiger partial charge < -0.3 is 5.73 Å². The maximum absolute atomic E-state index is 11.1. The van der Waals surface area contributed by atoms with Crippen LogP contribution < -0.4 is 5.73 Å². The summed E-state index contributed by atoms with van der Waals surface area (Å²) in [6.07, 6.45) is 3.23. The molecule has 0 unspecified atom stereocenters. The summed E-state index contributed by atoms with van der Waals surface area (Å²) in [5, 5.41) is 6.34. The van der Waals surface area contributed by atoms with E-state index in [-0.39, 0.29) is 5.69 Å². The zero-order valence-corrected chi connectivity index (χ0v) is 8.19. The molecule has 0 aliphatic heterocycles. The van der Waals surface area contributed by atoms with Crippen molar-refractivity contribution in [3.05, 3.63) is 35.8 Å². The highest BCUT2D eigenvalue weighted by atomic mass is 16.1. The van der Waals surface area contributed by atoms with Crippen molar-refractivity contribution in [2.45, 2.75) is 6.92 Å². The molecule has 2 aromatic heterocycles. The Morgan fingerprint density at radius 3 is 3.00 bits per heavy atom. The first-order valence-electron chi connectivity index (χ1n) is 4.44. The molecule has 15 heavy (non-hydrogen) atoms. The van der Waals surface area contributed by atoms with E-state index >= 15 is 0 Å². The van der Waals surface area contributed by atoms with Crippen LogP contribution in [0, 0.1) is 6.92 Å². The summed E-state index contributed by atoms with van der Waals surface area (Å²) in [6.45, 7) is 1.95. The van der Waals surface area contributed by atoms with E-state index in [9.17, 15) is 4.79 Å². The van der Waals surface area contributed by atoms with Crippen LogP contribution in [0.2, 0.25) is 0 Å². The van der Waals surface area contributed by atoms with Crippen molar-refractivity contribution >= 4 is 5.91 Å². The van der Waals surface area contributed by atoms with Crippen LogP contribution in [0.15, 0.2) is 24.5 Å². The van der Waals surface area contributed by atoms with Gasteiger partial charge in [-0.2, -0.15) is 5.10 Å². The largest absolute Gasteiger partial charge is 0.364 e. The van der Waals surface area contributed by atoms with Gasteiger partial charge in [0.2, 0.25) is 0 Å². The molecule has 0 fully saturated rings. The lowest BCUT2D eigenvalue weighted by Gasteiger charge is -1.99. The number of nitrogens with one attached hydrogen (secondary N) is 1. The first-order chi connectivity index (χ1) is 7.18. The Kier molecular flexibility index (Phi) is 2.21. The minimum absolute atomic E-state index is 0.285. The van der Waals surface area contributed by atoms with Gasteiger partial charge in [-0.1, -0.05) is 0 Å². The van der Waals surface area contributed by atoms with Crippen molar-refractivity contribution in [1.29, 1.82) is 0 Å². The number of hydrogen-bond donors (Lipinski definition) is 2. The molecule has 0 aliphatic rings. The summed E-state index contributed by atoms with van der Waals surface area (Å²) in [6, 6.07) is 3.75. The predicted molar refractivity (Wildman–Crippen MR) is 55.1 cm³/mol. The highest BCUT2D eigenvalue weighted by Gasteiger charge is 2.12. The minimum Gasteiger partial charge on any atom is -0.364 e. The number of pyridine rings is 1. The van der Waals surface area contributed by atoms with E-state index in [1.165, 1.54) is 0 Å². The van der Waals surface area contributed by atoms with E-state index in [0.29, 0.717) is 11.3 Å². The number of carbonyl (C=O) groups excluding carboxylic acids is 1. The van der Waals surface area contributed by atoms with Crippen LogP contribution in [0.5, 0.6) is 0 Å². The van der Waals surface area contributed by atoms with Crippen molar-refractivity contribution in [2.24, 2.45) is 5.73 Å². The number of amides is 1. The molecule has 5 nitrogen and oxygen atoms in total. The Labute approximate surface area is 86.3 Å². The molecule has 0 atom stereocenters. The average Bonchev–Trinajstić information content (AvgIpc) is 2.65. The Morgan fingerprint density at radius 1 is 1.53 bits per heavy atom. The number of hydrogen-bond acceptors (Lipinski definition) is 3. The minimum atomic E-state index is -0.536. The number of carbonyl (C=O) groups is 1. The molecule has 0 aliphatic carbocycles. The van der Waals surface area contributed by atoms with E-state index in [2.05, 4.69) is 15.2 Å². The Bertz CT molecular complexity index is 504. The fraction of sp³-hybridized carbons (Fsp3) is 0.100. The molecule has 0 saturated carbocycles.